The molecule has 4 saturated carbocycles. The molecule has 0 aliphatic heterocycles. The van der Waals surface area contributed by atoms with Gasteiger partial charge in [-0.05, 0) is 98.2 Å². The zero-order valence-corrected chi connectivity index (χ0v) is 20.9. The topological polar surface area (TPSA) is 44.1 Å². The fraction of sp³-hybridized carbons (Fsp3) is 0.852. The largest absolute Gasteiger partial charge is 0.384 e. The van der Waals surface area contributed by atoms with Gasteiger partial charge in [0.1, 0.15) is 0 Å². The van der Waals surface area contributed by atoms with Crippen molar-refractivity contribution in [3.63, 3.8) is 0 Å². The Morgan fingerprint density at radius 3 is 2.75 bits per heavy atom. The van der Waals surface area contributed by atoms with E-state index in [9.17, 15) is 4.79 Å². The molecule has 178 valence electrons. The van der Waals surface area contributed by atoms with Crippen molar-refractivity contribution in [1.29, 1.82) is 0 Å². The van der Waals surface area contributed by atoms with Crippen LogP contribution in [0.3, 0.4) is 0 Å². The van der Waals surface area contributed by atoms with Crippen molar-refractivity contribution in [2.24, 2.45) is 46.3 Å². The molecule has 0 spiro atoms. The lowest BCUT2D eigenvalue weighted by atomic mass is 9.43. The normalized spacial score (nSPS) is 43.4. The van der Waals surface area contributed by atoms with E-state index in [1.165, 1.54) is 57.8 Å². The number of nitrogens with zero attached hydrogens (tertiary/aromatic N) is 2. The van der Waals surface area contributed by atoms with Crippen molar-refractivity contribution in [2.45, 2.75) is 84.6 Å². The van der Waals surface area contributed by atoms with E-state index < -0.39 is 0 Å². The van der Waals surface area contributed by atoms with Gasteiger partial charge in [-0.2, -0.15) is 5.10 Å². The van der Waals surface area contributed by atoms with Crippen molar-refractivity contribution in [1.82, 2.24) is 9.78 Å². The average molecular weight is 461 g/mol. The summed E-state index contributed by atoms with van der Waals surface area (Å²) in [6.07, 6.45) is 16.4. The summed E-state index contributed by atoms with van der Waals surface area (Å²) in [5, 5.41) is 4.86. The predicted molar refractivity (Wildman–Crippen MR) is 127 cm³/mol. The predicted octanol–water partition coefficient (Wildman–Crippen LogP) is 6.42. The molecule has 32 heavy (non-hydrogen) atoms. The quantitative estimate of drug-likeness (QED) is 0.492. The molecular weight excluding hydrogens is 420 g/mol. The van der Waals surface area contributed by atoms with E-state index in [0.29, 0.717) is 28.7 Å². The van der Waals surface area contributed by atoms with Crippen LogP contribution < -0.4 is 0 Å². The number of carbonyl (C=O) groups is 1. The summed E-state index contributed by atoms with van der Waals surface area (Å²) in [4.78, 5) is 13.4. The molecule has 5 heteroatoms. The first-order chi connectivity index (χ1) is 15.4. The average Bonchev–Trinajstić information content (AvgIpc) is 3.35. The monoisotopic (exact) mass is 460 g/mol. The number of carbonyl (C=O) groups excluding carboxylic acids is 1. The van der Waals surface area contributed by atoms with Crippen molar-refractivity contribution in [3.05, 3.63) is 17.4 Å². The van der Waals surface area contributed by atoms with Crippen LogP contribution in [0.4, 0.5) is 0 Å². The van der Waals surface area contributed by atoms with Gasteiger partial charge >= 0.3 is 0 Å². The standard InChI is InChI=1S/C27H41ClN2O2/c1-4-18-9-12-27(17-32-3)19(13-18)5-6-21-22-7-8-24(26(22,2)11-10-23(21)27)25(31)16-30-15-20(28)14-29-30/h14-15,18-19,21-24H,4-13,16-17H2,1-3H3. The lowest BCUT2D eigenvalue weighted by Gasteiger charge is -2.62. The highest BCUT2D eigenvalue weighted by Crippen LogP contribution is 2.68. The van der Waals surface area contributed by atoms with E-state index in [-0.39, 0.29) is 11.3 Å². The first-order valence-electron chi connectivity index (χ1n) is 13.1. The smallest absolute Gasteiger partial charge is 0.157 e. The van der Waals surface area contributed by atoms with Gasteiger partial charge < -0.3 is 4.74 Å². The Balaban J connectivity index is 1.36. The summed E-state index contributed by atoms with van der Waals surface area (Å²) in [7, 11) is 1.92. The highest BCUT2D eigenvalue weighted by Gasteiger charge is 2.62. The van der Waals surface area contributed by atoms with Crippen molar-refractivity contribution in [2.75, 3.05) is 13.7 Å². The number of aromatic nitrogens is 2. The summed E-state index contributed by atoms with van der Waals surface area (Å²) in [5.74, 6) is 4.54. The van der Waals surface area contributed by atoms with E-state index in [2.05, 4.69) is 18.9 Å². The van der Waals surface area contributed by atoms with Gasteiger partial charge in [-0.15, -0.1) is 0 Å². The van der Waals surface area contributed by atoms with Crippen LogP contribution in [0, 0.1) is 46.3 Å². The molecule has 0 bridgehead atoms. The van der Waals surface area contributed by atoms with Crippen LogP contribution in [-0.4, -0.2) is 29.3 Å². The van der Waals surface area contributed by atoms with Crippen LogP contribution in [0.2, 0.25) is 5.02 Å². The molecule has 1 aromatic heterocycles. The molecule has 0 aromatic carbocycles. The first kappa shape index (κ1) is 22.9. The number of methoxy groups -OCH3 is 1. The number of ether oxygens (including phenoxy) is 1. The van der Waals surface area contributed by atoms with Crippen LogP contribution >= 0.6 is 11.6 Å². The Kier molecular flexibility index (Phi) is 6.24. The molecule has 4 fully saturated rings. The van der Waals surface area contributed by atoms with Crippen LogP contribution in [0.1, 0.15) is 78.1 Å². The Hall–Kier alpha value is -0.870. The van der Waals surface area contributed by atoms with Gasteiger partial charge in [-0.1, -0.05) is 31.9 Å². The molecule has 0 amide bonds. The third-order valence-electron chi connectivity index (χ3n) is 10.8. The highest BCUT2D eigenvalue weighted by molar-refractivity contribution is 6.30. The van der Waals surface area contributed by atoms with Gasteiger partial charge in [-0.3, -0.25) is 9.48 Å². The second-order valence-corrected chi connectivity index (χ2v) is 12.3. The molecule has 4 aliphatic carbocycles. The Morgan fingerprint density at radius 1 is 1.19 bits per heavy atom. The molecule has 0 saturated heterocycles. The molecule has 4 aliphatic rings. The number of rotatable bonds is 6. The molecule has 4 nitrogen and oxygen atoms in total. The summed E-state index contributed by atoms with van der Waals surface area (Å²) in [5.41, 5.74) is 0.537. The minimum absolute atomic E-state index is 0.150. The lowest BCUT2D eigenvalue weighted by molar-refractivity contribution is -0.155. The molecule has 5 rings (SSSR count). The van der Waals surface area contributed by atoms with Crippen molar-refractivity contribution >= 4 is 17.4 Å². The van der Waals surface area contributed by atoms with Gasteiger partial charge in [0.05, 0.1) is 24.4 Å². The molecule has 0 radical (unpaired) electrons. The van der Waals surface area contributed by atoms with Gasteiger partial charge in [0.15, 0.2) is 5.78 Å². The van der Waals surface area contributed by atoms with Crippen LogP contribution in [0.25, 0.3) is 0 Å². The van der Waals surface area contributed by atoms with Crippen molar-refractivity contribution in [3.8, 4) is 0 Å². The highest BCUT2D eigenvalue weighted by atomic mass is 35.5. The molecular formula is C27H41ClN2O2. The zero-order valence-electron chi connectivity index (χ0n) is 20.2. The van der Waals surface area contributed by atoms with E-state index in [1.54, 1.807) is 17.1 Å². The van der Waals surface area contributed by atoms with Crippen LogP contribution in [0.15, 0.2) is 12.4 Å². The van der Waals surface area contributed by atoms with Gasteiger partial charge in [0, 0.05) is 19.2 Å². The second kappa shape index (κ2) is 8.73. The minimum atomic E-state index is 0.150. The number of fused-ring (bicyclic) bond motifs is 5. The summed E-state index contributed by atoms with van der Waals surface area (Å²) >= 11 is 6.03. The summed E-state index contributed by atoms with van der Waals surface area (Å²) < 4.78 is 7.67. The maximum absolute atomic E-state index is 13.4. The van der Waals surface area contributed by atoms with Crippen LogP contribution in [-0.2, 0) is 16.1 Å². The molecule has 1 aromatic rings. The molecule has 1 heterocycles. The van der Waals surface area contributed by atoms with E-state index in [0.717, 1.165) is 36.7 Å². The SMILES string of the molecule is CCC1CCC2(COC)C(CCC3C4CCC(C(=O)Cn5cc(Cl)cn5)C4(C)CCC32)C1. The fourth-order valence-electron chi connectivity index (χ4n) is 9.28. The molecule has 8 unspecified atom stereocenters. The first-order valence-corrected chi connectivity index (χ1v) is 13.5. The second-order valence-electron chi connectivity index (χ2n) is 11.9. The van der Waals surface area contributed by atoms with Gasteiger partial charge in [0.2, 0.25) is 0 Å². The lowest BCUT2D eigenvalue weighted by Crippen LogP contribution is -2.56. The Labute approximate surface area is 198 Å². The number of hydrogen-bond donors (Lipinski definition) is 0. The fourth-order valence-corrected chi connectivity index (χ4v) is 9.44. The zero-order chi connectivity index (χ0) is 22.5. The number of ketones is 1. The van der Waals surface area contributed by atoms with Crippen molar-refractivity contribution < 1.29 is 9.53 Å². The maximum atomic E-state index is 13.4. The molecule has 0 N–H and O–H groups in total. The third kappa shape index (κ3) is 3.59. The third-order valence-corrected chi connectivity index (χ3v) is 11.0. The minimum Gasteiger partial charge on any atom is -0.384 e. The summed E-state index contributed by atoms with van der Waals surface area (Å²) in [6.45, 7) is 6.13. The number of Topliss-reactive ketones (excluding diaryl/α,β-unsaturated/α-hetero) is 1. The summed E-state index contributed by atoms with van der Waals surface area (Å²) in [6, 6.07) is 0. The van der Waals surface area contributed by atoms with Gasteiger partial charge in [-0.25, -0.2) is 0 Å². The van der Waals surface area contributed by atoms with Gasteiger partial charge in [0.25, 0.3) is 0 Å². The number of hydrogen-bond acceptors (Lipinski definition) is 3. The maximum Gasteiger partial charge on any atom is 0.157 e. The number of halogens is 1. The Bertz CT molecular complexity index is 839. The Morgan fingerprint density at radius 2 is 2.03 bits per heavy atom. The van der Waals surface area contributed by atoms with E-state index in [1.807, 2.05) is 7.11 Å². The van der Waals surface area contributed by atoms with E-state index in [4.69, 9.17) is 16.3 Å². The van der Waals surface area contributed by atoms with E-state index >= 15 is 0 Å². The van der Waals surface area contributed by atoms with Crippen LogP contribution in [0.5, 0.6) is 0 Å². The molecule has 8 atom stereocenters.